The van der Waals surface area contributed by atoms with E-state index in [9.17, 15) is 0 Å². The summed E-state index contributed by atoms with van der Waals surface area (Å²) >= 11 is 0. The molecule has 0 aliphatic heterocycles. The number of hydrogen-bond acceptors (Lipinski definition) is 0. The zero-order chi connectivity index (χ0) is 20.1. The van der Waals surface area contributed by atoms with Crippen molar-refractivity contribution in [2.45, 2.75) is 12.8 Å². The van der Waals surface area contributed by atoms with Crippen LogP contribution < -0.4 is 0 Å². The molecule has 0 nitrogen and oxygen atoms in total. The minimum Gasteiger partial charge on any atom is -0.0946 e. The summed E-state index contributed by atoms with van der Waals surface area (Å²) < 4.78 is 0. The molecule has 0 N–H and O–H groups in total. The lowest BCUT2D eigenvalue weighted by molar-refractivity contribution is 1.02. The van der Waals surface area contributed by atoms with E-state index in [4.69, 9.17) is 0 Å². The van der Waals surface area contributed by atoms with Gasteiger partial charge >= 0.3 is 0 Å². The highest BCUT2D eigenvalue weighted by Gasteiger charge is 2.31. The van der Waals surface area contributed by atoms with Gasteiger partial charge in [-0.25, -0.2) is 0 Å². The van der Waals surface area contributed by atoms with Crippen molar-refractivity contribution in [3.63, 3.8) is 0 Å². The molecule has 0 bridgehead atoms. The van der Waals surface area contributed by atoms with E-state index in [1.165, 1.54) is 44.5 Å². The van der Waals surface area contributed by atoms with Gasteiger partial charge in [0.25, 0.3) is 0 Å². The van der Waals surface area contributed by atoms with E-state index in [2.05, 4.69) is 106 Å². The maximum atomic E-state index is 4.52. The Labute approximate surface area is 173 Å². The Bertz CT molecular complexity index is 1200. The van der Waals surface area contributed by atoms with Crippen LogP contribution in [0.5, 0.6) is 0 Å². The van der Waals surface area contributed by atoms with Crippen LogP contribution in [0.25, 0.3) is 22.8 Å². The quantitative estimate of drug-likeness (QED) is 0.434. The molecule has 0 heterocycles. The van der Waals surface area contributed by atoms with Crippen molar-refractivity contribution in [1.29, 1.82) is 0 Å². The smallest absolute Gasteiger partial charge is 0.0346 e. The van der Waals surface area contributed by atoms with Crippen LogP contribution in [-0.2, 0) is 0 Å². The molecular formula is C29H24. The molecule has 3 aromatic carbocycles. The number of hydrogen-bond donors (Lipinski definition) is 0. The molecule has 0 saturated heterocycles. The maximum absolute atomic E-state index is 4.52. The van der Waals surface area contributed by atoms with Gasteiger partial charge in [0, 0.05) is 11.8 Å². The van der Waals surface area contributed by atoms with Gasteiger partial charge in [0.1, 0.15) is 0 Å². The predicted octanol–water partition coefficient (Wildman–Crippen LogP) is 7.61. The van der Waals surface area contributed by atoms with Crippen LogP contribution in [-0.4, -0.2) is 0 Å². The van der Waals surface area contributed by atoms with Gasteiger partial charge in [0.15, 0.2) is 0 Å². The lowest BCUT2D eigenvalue weighted by Gasteiger charge is -2.13. The van der Waals surface area contributed by atoms with Gasteiger partial charge in [0.2, 0.25) is 0 Å². The van der Waals surface area contributed by atoms with Crippen LogP contribution in [0.3, 0.4) is 0 Å². The van der Waals surface area contributed by atoms with Crippen LogP contribution >= 0.6 is 0 Å². The summed E-state index contributed by atoms with van der Waals surface area (Å²) in [5.74, 6) is 0.528. The highest BCUT2D eigenvalue weighted by atomic mass is 14.3. The lowest BCUT2D eigenvalue weighted by Crippen LogP contribution is -1.97. The average molecular weight is 373 g/mol. The molecule has 140 valence electrons. The fraction of sp³-hybridized carbons (Fsp3) is 0.103. The Morgan fingerprint density at radius 2 is 1.38 bits per heavy atom. The first-order valence-corrected chi connectivity index (χ1v) is 10.1. The second-order valence-corrected chi connectivity index (χ2v) is 8.09. The second-order valence-electron chi connectivity index (χ2n) is 8.09. The Morgan fingerprint density at radius 3 is 2.17 bits per heavy atom. The van der Waals surface area contributed by atoms with Crippen LogP contribution in [0.1, 0.15) is 46.2 Å². The molecule has 0 fully saturated rings. The Hall–Kier alpha value is -3.38. The molecule has 0 aromatic heterocycles. The number of benzene rings is 3. The van der Waals surface area contributed by atoms with Crippen molar-refractivity contribution >= 4 is 22.8 Å². The molecule has 2 atom stereocenters. The van der Waals surface area contributed by atoms with Gasteiger partial charge < -0.3 is 0 Å². The highest BCUT2D eigenvalue weighted by molar-refractivity contribution is 5.99. The Morgan fingerprint density at radius 1 is 0.690 bits per heavy atom. The fourth-order valence-corrected chi connectivity index (χ4v) is 4.75. The minimum atomic E-state index is 0.211. The summed E-state index contributed by atoms with van der Waals surface area (Å²) in [7, 11) is 0. The van der Waals surface area contributed by atoms with Crippen molar-refractivity contribution in [2.75, 3.05) is 0 Å². The fourth-order valence-electron chi connectivity index (χ4n) is 4.75. The largest absolute Gasteiger partial charge is 0.0946 e. The molecule has 3 aromatic rings. The summed E-state index contributed by atoms with van der Waals surface area (Å²) in [6.07, 6.45) is 2.28. The molecule has 0 spiro atoms. The van der Waals surface area contributed by atoms with Gasteiger partial charge in [-0.15, -0.1) is 0 Å². The molecule has 0 radical (unpaired) electrons. The number of fused-ring (bicyclic) bond motifs is 2. The van der Waals surface area contributed by atoms with Crippen molar-refractivity contribution < 1.29 is 0 Å². The molecule has 29 heavy (non-hydrogen) atoms. The average Bonchev–Trinajstić information content (AvgIpc) is 3.15. The summed E-state index contributed by atoms with van der Waals surface area (Å²) in [5, 5.41) is 0. The van der Waals surface area contributed by atoms with Crippen molar-refractivity contribution in [3.05, 3.63) is 131 Å². The van der Waals surface area contributed by atoms with E-state index in [1.54, 1.807) is 0 Å². The number of rotatable bonds is 2. The predicted molar refractivity (Wildman–Crippen MR) is 125 cm³/mol. The van der Waals surface area contributed by atoms with Gasteiger partial charge in [-0.3, -0.25) is 0 Å². The first-order valence-electron chi connectivity index (χ1n) is 10.1. The highest BCUT2D eigenvalue weighted by Crippen LogP contribution is 2.49. The number of allylic oxidation sites excluding steroid dienone is 4. The Balaban J connectivity index is 1.62. The molecule has 0 amide bonds. The zero-order valence-electron chi connectivity index (χ0n) is 16.8. The van der Waals surface area contributed by atoms with Crippen LogP contribution in [0.2, 0.25) is 0 Å². The summed E-state index contributed by atoms with van der Waals surface area (Å²) in [5.41, 5.74) is 12.3. The molecule has 5 rings (SSSR count). The van der Waals surface area contributed by atoms with E-state index in [1.807, 2.05) is 0 Å². The van der Waals surface area contributed by atoms with E-state index in [-0.39, 0.29) is 5.92 Å². The molecule has 0 saturated carbocycles. The topological polar surface area (TPSA) is 0 Å². The van der Waals surface area contributed by atoms with E-state index in [0.29, 0.717) is 5.92 Å². The molecule has 2 aliphatic rings. The monoisotopic (exact) mass is 372 g/mol. The van der Waals surface area contributed by atoms with Crippen LogP contribution in [0, 0.1) is 5.92 Å². The summed E-state index contributed by atoms with van der Waals surface area (Å²) in [4.78, 5) is 0. The van der Waals surface area contributed by atoms with Crippen LogP contribution in [0.4, 0.5) is 0 Å². The second kappa shape index (κ2) is 6.60. The standard InChI is InChI=1S/C29H24/c1-18-19(2)24-15-14-22(16-27(24)20(18)3)17-28-21(4)29(23-10-6-5-7-11-23)26-13-9-8-12-25(26)28/h5-18,29H,2-4H2,1H3/b28-17+. The molecule has 2 aliphatic carbocycles. The van der Waals surface area contributed by atoms with Crippen molar-refractivity contribution in [3.8, 4) is 0 Å². The van der Waals surface area contributed by atoms with Crippen molar-refractivity contribution in [1.82, 2.24) is 0 Å². The third-order valence-corrected chi connectivity index (χ3v) is 6.48. The van der Waals surface area contributed by atoms with Crippen LogP contribution in [0.15, 0.2) is 98.1 Å². The minimum absolute atomic E-state index is 0.211. The lowest BCUT2D eigenvalue weighted by atomic mass is 9.90. The third kappa shape index (κ3) is 2.68. The zero-order valence-corrected chi connectivity index (χ0v) is 16.8. The molecular weight excluding hydrogens is 348 g/mol. The van der Waals surface area contributed by atoms with E-state index >= 15 is 0 Å². The first-order chi connectivity index (χ1) is 14.1. The van der Waals surface area contributed by atoms with E-state index < -0.39 is 0 Å². The van der Waals surface area contributed by atoms with E-state index in [0.717, 1.165) is 11.1 Å². The van der Waals surface area contributed by atoms with Gasteiger partial charge in [-0.2, -0.15) is 0 Å². The molecule has 0 heteroatoms. The van der Waals surface area contributed by atoms with Gasteiger partial charge in [-0.1, -0.05) is 93.4 Å². The third-order valence-electron chi connectivity index (χ3n) is 6.48. The normalized spacial score (nSPS) is 21.6. The summed E-state index contributed by atoms with van der Waals surface area (Å²) in [6.45, 7) is 15.3. The maximum Gasteiger partial charge on any atom is 0.0346 e. The SMILES string of the molecule is C=C1c2ccc(/C=C3\C(=C)C(c4ccccc4)c4ccccc43)cc2C(=C)C1C. The first kappa shape index (κ1) is 17.7. The van der Waals surface area contributed by atoms with Crippen molar-refractivity contribution in [2.24, 2.45) is 5.92 Å². The Kier molecular flexibility index (Phi) is 4.03. The molecule has 2 unspecified atom stereocenters. The van der Waals surface area contributed by atoms with Gasteiger partial charge in [0.05, 0.1) is 0 Å². The van der Waals surface area contributed by atoms with Gasteiger partial charge in [-0.05, 0) is 67.8 Å². The summed E-state index contributed by atoms with van der Waals surface area (Å²) in [6, 6.07) is 26.0.